The predicted molar refractivity (Wildman–Crippen MR) is 62.7 cm³/mol. The monoisotopic (exact) mass is 196 g/mol. The summed E-state index contributed by atoms with van der Waals surface area (Å²) in [6.07, 6.45) is 0. The normalized spacial score (nSPS) is 10.3. The zero-order valence-corrected chi connectivity index (χ0v) is 9.33. The Kier molecular flexibility index (Phi) is 2.55. The number of hydrogen-bond donors (Lipinski definition) is 0. The Balaban J connectivity index is 2.59. The summed E-state index contributed by atoms with van der Waals surface area (Å²) >= 11 is 0. The zero-order valence-electron chi connectivity index (χ0n) is 9.33. The second kappa shape index (κ2) is 3.85. The molecule has 0 N–H and O–H groups in total. The van der Waals surface area contributed by atoms with Gasteiger partial charge in [0.25, 0.3) is 0 Å². The third-order valence-corrected chi connectivity index (χ3v) is 2.43. The highest BCUT2D eigenvalue weighted by atomic mass is 14.7. The van der Waals surface area contributed by atoms with Crippen LogP contribution in [0.15, 0.2) is 30.3 Å². The van der Waals surface area contributed by atoms with Crippen LogP contribution in [0.5, 0.6) is 0 Å². The van der Waals surface area contributed by atoms with E-state index in [0.717, 1.165) is 11.4 Å². The SMILES string of the molecule is Cc1cc(-c2[c]cccc2C)cc(C)n1. The van der Waals surface area contributed by atoms with Gasteiger partial charge in [0, 0.05) is 11.4 Å². The van der Waals surface area contributed by atoms with E-state index in [9.17, 15) is 0 Å². The van der Waals surface area contributed by atoms with Crippen molar-refractivity contribution in [3.05, 3.63) is 53.3 Å². The average molecular weight is 196 g/mol. The van der Waals surface area contributed by atoms with Gasteiger partial charge in [0.15, 0.2) is 0 Å². The van der Waals surface area contributed by atoms with Gasteiger partial charge in [-0.15, -0.1) is 0 Å². The van der Waals surface area contributed by atoms with Crippen LogP contribution in [0.4, 0.5) is 0 Å². The average Bonchev–Trinajstić information content (AvgIpc) is 2.16. The smallest absolute Gasteiger partial charge is 0.0382 e. The van der Waals surface area contributed by atoms with Gasteiger partial charge >= 0.3 is 0 Å². The highest BCUT2D eigenvalue weighted by Crippen LogP contribution is 2.23. The van der Waals surface area contributed by atoms with E-state index in [1.165, 1.54) is 16.7 Å². The Morgan fingerprint density at radius 2 is 1.73 bits per heavy atom. The van der Waals surface area contributed by atoms with Crippen LogP contribution in [0, 0.1) is 26.8 Å². The van der Waals surface area contributed by atoms with Crippen LogP contribution in [-0.2, 0) is 0 Å². The van der Waals surface area contributed by atoms with E-state index >= 15 is 0 Å². The van der Waals surface area contributed by atoms with E-state index in [0.29, 0.717) is 0 Å². The summed E-state index contributed by atoms with van der Waals surface area (Å²) < 4.78 is 0. The quantitative estimate of drug-likeness (QED) is 0.680. The first kappa shape index (κ1) is 9.91. The van der Waals surface area contributed by atoms with Gasteiger partial charge in [-0.05, 0) is 55.7 Å². The molecule has 1 aromatic carbocycles. The predicted octanol–water partition coefficient (Wildman–Crippen LogP) is 3.47. The fraction of sp³-hybridized carbons (Fsp3) is 0.214. The molecule has 1 heteroatoms. The summed E-state index contributed by atoms with van der Waals surface area (Å²) in [5.74, 6) is 0. The number of aromatic nitrogens is 1. The number of hydrogen-bond acceptors (Lipinski definition) is 1. The topological polar surface area (TPSA) is 12.9 Å². The molecule has 0 aliphatic rings. The molecular weight excluding hydrogens is 182 g/mol. The molecule has 0 saturated heterocycles. The Morgan fingerprint density at radius 3 is 2.33 bits per heavy atom. The molecule has 2 aromatic rings. The first-order valence-electron chi connectivity index (χ1n) is 5.10. The van der Waals surface area contributed by atoms with E-state index in [1.807, 2.05) is 26.0 Å². The molecule has 1 aromatic heterocycles. The third kappa shape index (κ3) is 2.07. The Labute approximate surface area is 90.8 Å². The standard InChI is InChI=1S/C14H14N/c1-10-6-4-5-7-14(10)13-8-11(2)15-12(3)9-13/h4-6,8-9H,1-3H3. The maximum Gasteiger partial charge on any atom is 0.0382 e. The van der Waals surface area contributed by atoms with Crippen LogP contribution in [0.2, 0.25) is 0 Å². The number of nitrogens with zero attached hydrogens (tertiary/aromatic N) is 1. The van der Waals surface area contributed by atoms with Gasteiger partial charge in [-0.3, -0.25) is 4.98 Å². The summed E-state index contributed by atoms with van der Waals surface area (Å²) in [5.41, 5.74) is 5.75. The molecule has 0 fully saturated rings. The summed E-state index contributed by atoms with van der Waals surface area (Å²) in [6.45, 7) is 6.15. The van der Waals surface area contributed by atoms with Gasteiger partial charge in [-0.1, -0.05) is 18.2 Å². The van der Waals surface area contributed by atoms with Gasteiger partial charge in [0.1, 0.15) is 0 Å². The minimum absolute atomic E-state index is 1.06. The van der Waals surface area contributed by atoms with E-state index in [4.69, 9.17) is 0 Å². The summed E-state index contributed by atoms with van der Waals surface area (Å²) in [5, 5.41) is 0. The van der Waals surface area contributed by atoms with Crippen molar-refractivity contribution in [2.24, 2.45) is 0 Å². The number of benzene rings is 1. The Morgan fingerprint density at radius 1 is 1.07 bits per heavy atom. The lowest BCUT2D eigenvalue weighted by molar-refractivity contribution is 1.12. The van der Waals surface area contributed by atoms with E-state index in [2.05, 4.69) is 36.2 Å². The lowest BCUT2D eigenvalue weighted by atomic mass is 10.0. The zero-order chi connectivity index (χ0) is 10.8. The second-order valence-corrected chi connectivity index (χ2v) is 3.87. The van der Waals surface area contributed by atoms with Crippen molar-refractivity contribution < 1.29 is 0 Å². The Hall–Kier alpha value is -1.63. The number of rotatable bonds is 1. The molecule has 0 atom stereocenters. The van der Waals surface area contributed by atoms with Crippen LogP contribution in [-0.4, -0.2) is 4.98 Å². The molecule has 1 heterocycles. The fourth-order valence-corrected chi connectivity index (χ4v) is 1.81. The van der Waals surface area contributed by atoms with E-state index in [-0.39, 0.29) is 0 Å². The second-order valence-electron chi connectivity index (χ2n) is 3.87. The van der Waals surface area contributed by atoms with Crippen LogP contribution in [0.1, 0.15) is 17.0 Å². The number of pyridine rings is 1. The molecular formula is C14H14N. The van der Waals surface area contributed by atoms with Gasteiger partial charge in [-0.2, -0.15) is 0 Å². The van der Waals surface area contributed by atoms with Gasteiger partial charge in [0.05, 0.1) is 0 Å². The summed E-state index contributed by atoms with van der Waals surface area (Å²) in [6, 6.07) is 13.6. The summed E-state index contributed by atoms with van der Waals surface area (Å²) in [7, 11) is 0. The van der Waals surface area contributed by atoms with Crippen molar-refractivity contribution in [3.8, 4) is 11.1 Å². The third-order valence-electron chi connectivity index (χ3n) is 2.43. The molecule has 0 spiro atoms. The Bertz CT molecular complexity index is 466. The van der Waals surface area contributed by atoms with Gasteiger partial charge < -0.3 is 0 Å². The minimum Gasteiger partial charge on any atom is -0.258 e. The van der Waals surface area contributed by atoms with E-state index in [1.54, 1.807) is 0 Å². The van der Waals surface area contributed by atoms with Crippen molar-refractivity contribution in [1.29, 1.82) is 0 Å². The van der Waals surface area contributed by atoms with Crippen LogP contribution in [0.25, 0.3) is 11.1 Å². The maximum atomic E-state index is 4.38. The van der Waals surface area contributed by atoms with Gasteiger partial charge in [-0.25, -0.2) is 0 Å². The molecule has 0 bridgehead atoms. The largest absolute Gasteiger partial charge is 0.258 e. The highest BCUT2D eigenvalue weighted by molar-refractivity contribution is 5.66. The van der Waals surface area contributed by atoms with E-state index < -0.39 is 0 Å². The first-order chi connectivity index (χ1) is 7.16. The molecule has 2 rings (SSSR count). The van der Waals surface area contributed by atoms with Crippen LogP contribution < -0.4 is 0 Å². The lowest BCUT2D eigenvalue weighted by Crippen LogP contribution is -1.89. The highest BCUT2D eigenvalue weighted by Gasteiger charge is 2.02. The first-order valence-corrected chi connectivity index (χ1v) is 5.10. The van der Waals surface area contributed by atoms with Crippen LogP contribution in [0.3, 0.4) is 0 Å². The molecule has 0 aliphatic heterocycles. The molecule has 1 nitrogen and oxygen atoms in total. The fourth-order valence-electron chi connectivity index (χ4n) is 1.81. The van der Waals surface area contributed by atoms with Crippen molar-refractivity contribution >= 4 is 0 Å². The molecule has 1 radical (unpaired) electrons. The molecule has 0 amide bonds. The lowest BCUT2D eigenvalue weighted by Gasteiger charge is -2.07. The molecule has 75 valence electrons. The molecule has 0 aliphatic carbocycles. The maximum absolute atomic E-state index is 4.38. The number of aryl methyl sites for hydroxylation is 3. The van der Waals surface area contributed by atoms with Crippen molar-refractivity contribution in [1.82, 2.24) is 4.98 Å². The molecule has 15 heavy (non-hydrogen) atoms. The van der Waals surface area contributed by atoms with Crippen LogP contribution >= 0.6 is 0 Å². The van der Waals surface area contributed by atoms with Crippen molar-refractivity contribution in [2.75, 3.05) is 0 Å². The molecule has 0 saturated carbocycles. The minimum atomic E-state index is 1.06. The van der Waals surface area contributed by atoms with Crippen molar-refractivity contribution in [3.63, 3.8) is 0 Å². The molecule has 0 unspecified atom stereocenters. The summed E-state index contributed by atoms with van der Waals surface area (Å²) in [4.78, 5) is 4.38. The van der Waals surface area contributed by atoms with Crippen molar-refractivity contribution in [2.45, 2.75) is 20.8 Å². The van der Waals surface area contributed by atoms with Gasteiger partial charge in [0.2, 0.25) is 0 Å².